The van der Waals surface area contributed by atoms with Crippen molar-refractivity contribution < 1.29 is 16.8 Å². The van der Waals surface area contributed by atoms with Crippen LogP contribution in [0.5, 0.6) is 0 Å². The highest BCUT2D eigenvalue weighted by molar-refractivity contribution is 8.67. The van der Waals surface area contributed by atoms with Crippen LogP contribution in [-0.4, -0.2) is 25.6 Å². The van der Waals surface area contributed by atoms with E-state index in [0.717, 1.165) is 11.7 Å². The summed E-state index contributed by atoms with van der Waals surface area (Å²) in [5.41, 5.74) is 0.423. The number of aromatic nitrogens is 2. The van der Waals surface area contributed by atoms with Crippen LogP contribution in [0.15, 0.2) is 58.3 Å². The normalized spacial score (nSPS) is 12.6. The van der Waals surface area contributed by atoms with Gasteiger partial charge in [-0.3, -0.25) is 0 Å². The maximum Gasteiger partial charge on any atom is 0.288 e. The number of rotatable bonds is 3. The van der Waals surface area contributed by atoms with Gasteiger partial charge in [0.15, 0.2) is 0 Å². The molecule has 108 valence electrons. The monoisotopic (exact) mass is 340 g/mol. The van der Waals surface area contributed by atoms with Crippen molar-refractivity contribution >= 4 is 40.5 Å². The van der Waals surface area contributed by atoms with Crippen molar-refractivity contribution in [1.29, 1.82) is 0 Å². The van der Waals surface area contributed by atoms with Gasteiger partial charge < -0.3 is 0 Å². The molecule has 0 aliphatic carbocycles. The van der Waals surface area contributed by atoms with Gasteiger partial charge in [-0.2, -0.15) is 8.75 Å². The molecule has 0 amide bonds. The second-order valence-electron chi connectivity index (χ2n) is 4.11. The Morgan fingerprint density at radius 2 is 1.48 bits per heavy atom. The van der Waals surface area contributed by atoms with Gasteiger partial charge >= 0.3 is 0 Å². The third-order valence-electron chi connectivity index (χ3n) is 2.84. The minimum atomic E-state index is -4.61. The molecule has 0 radical (unpaired) electrons. The van der Waals surface area contributed by atoms with E-state index in [0.29, 0.717) is 5.52 Å². The van der Waals surface area contributed by atoms with E-state index in [1.54, 1.807) is 12.1 Å². The van der Waals surface area contributed by atoms with E-state index in [1.165, 1.54) is 36.4 Å². The van der Waals surface area contributed by atoms with Gasteiger partial charge in [0.05, 0.1) is 16.6 Å². The molecule has 0 spiro atoms. The first kappa shape index (κ1) is 14.1. The van der Waals surface area contributed by atoms with Gasteiger partial charge in [0.1, 0.15) is 15.9 Å². The Labute approximate surface area is 124 Å². The molecule has 2 aromatic carbocycles. The number of hydrogen-bond donors (Lipinski definition) is 0. The van der Waals surface area contributed by atoms with E-state index in [9.17, 15) is 16.8 Å². The van der Waals surface area contributed by atoms with Gasteiger partial charge in [-0.1, -0.05) is 24.3 Å². The minimum Gasteiger partial charge on any atom is -0.207 e. The average Bonchev–Trinajstić information content (AvgIpc) is 2.96. The van der Waals surface area contributed by atoms with Crippen molar-refractivity contribution in [3.63, 3.8) is 0 Å². The summed E-state index contributed by atoms with van der Waals surface area (Å²) in [6.45, 7) is 0. The lowest BCUT2D eigenvalue weighted by Gasteiger charge is -2.06. The van der Waals surface area contributed by atoms with Crippen LogP contribution >= 0.6 is 11.7 Å². The lowest BCUT2D eigenvalue weighted by atomic mass is 10.3. The Morgan fingerprint density at radius 3 is 2.19 bits per heavy atom. The lowest BCUT2D eigenvalue weighted by Crippen LogP contribution is -2.16. The number of nitrogens with zero attached hydrogens (tertiary/aromatic N) is 2. The molecule has 6 nitrogen and oxygen atoms in total. The SMILES string of the molecule is O=S(=O)(c1ccccc1)S(=O)(=O)c1cccc2nsnc12. The molecule has 0 unspecified atom stereocenters. The zero-order valence-corrected chi connectivity index (χ0v) is 12.8. The number of hydrogen-bond acceptors (Lipinski definition) is 7. The average molecular weight is 340 g/mol. The zero-order chi connectivity index (χ0) is 15.1. The summed E-state index contributed by atoms with van der Waals surface area (Å²) in [4.78, 5) is -0.622. The van der Waals surface area contributed by atoms with Crippen molar-refractivity contribution in [2.45, 2.75) is 9.79 Å². The molecular weight excluding hydrogens is 332 g/mol. The standard InChI is InChI=1S/C12H8N2O4S3/c15-20(16,9-5-2-1-3-6-9)21(17,18)11-8-4-7-10-12(11)14-19-13-10/h1-8H. The van der Waals surface area contributed by atoms with Crippen molar-refractivity contribution in [2.24, 2.45) is 0 Å². The van der Waals surface area contributed by atoms with Crippen LogP contribution in [0.4, 0.5) is 0 Å². The van der Waals surface area contributed by atoms with Gasteiger partial charge in [0.25, 0.3) is 17.7 Å². The van der Waals surface area contributed by atoms with Crippen LogP contribution in [0.25, 0.3) is 11.0 Å². The third-order valence-corrected chi connectivity index (χ3v) is 8.53. The van der Waals surface area contributed by atoms with Crippen molar-refractivity contribution in [3.05, 3.63) is 48.5 Å². The molecule has 3 aromatic rings. The second kappa shape index (κ2) is 4.86. The Kier molecular flexibility index (Phi) is 3.27. The second-order valence-corrected chi connectivity index (χ2v) is 10.00. The van der Waals surface area contributed by atoms with Crippen LogP contribution in [-0.2, 0) is 17.7 Å². The highest BCUT2D eigenvalue weighted by Crippen LogP contribution is 2.29. The quantitative estimate of drug-likeness (QED) is 0.675. The van der Waals surface area contributed by atoms with Gasteiger partial charge in [-0.15, -0.1) is 0 Å². The summed E-state index contributed by atoms with van der Waals surface area (Å²) < 4.78 is 57.6. The van der Waals surface area contributed by atoms with Crippen LogP contribution in [0.3, 0.4) is 0 Å². The Morgan fingerprint density at radius 1 is 0.762 bits per heavy atom. The Bertz CT molecular complexity index is 1010. The Balaban J connectivity index is 2.29. The van der Waals surface area contributed by atoms with Crippen LogP contribution in [0.2, 0.25) is 0 Å². The van der Waals surface area contributed by atoms with Crippen molar-refractivity contribution in [3.8, 4) is 0 Å². The highest BCUT2D eigenvalue weighted by atomic mass is 33.2. The molecule has 0 N–H and O–H groups in total. The first-order chi connectivity index (χ1) is 9.94. The number of benzene rings is 2. The van der Waals surface area contributed by atoms with E-state index in [-0.39, 0.29) is 15.3 Å². The maximum atomic E-state index is 12.5. The van der Waals surface area contributed by atoms with Crippen LogP contribution in [0.1, 0.15) is 0 Å². The van der Waals surface area contributed by atoms with Crippen molar-refractivity contribution in [1.82, 2.24) is 8.75 Å². The van der Waals surface area contributed by atoms with Crippen molar-refractivity contribution in [2.75, 3.05) is 0 Å². The summed E-state index contributed by atoms with van der Waals surface area (Å²) in [5.74, 6) is 0. The molecule has 0 atom stereocenters. The van der Waals surface area contributed by atoms with Gasteiger partial charge in [0, 0.05) is 0 Å². The first-order valence-electron chi connectivity index (χ1n) is 5.71. The minimum absolute atomic E-state index is 0.0713. The van der Waals surface area contributed by atoms with Crippen LogP contribution < -0.4 is 0 Å². The Hall–Kier alpha value is -1.84. The molecule has 0 saturated heterocycles. The summed E-state index contributed by atoms with van der Waals surface area (Å²) >= 11 is 0.830. The molecule has 1 aromatic heterocycles. The summed E-state index contributed by atoms with van der Waals surface area (Å²) in [5, 5.41) is 0. The van der Waals surface area contributed by atoms with Crippen LogP contribution in [0, 0.1) is 0 Å². The zero-order valence-electron chi connectivity index (χ0n) is 10.4. The van der Waals surface area contributed by atoms with E-state index >= 15 is 0 Å². The molecule has 3 rings (SSSR count). The van der Waals surface area contributed by atoms with E-state index < -0.39 is 17.7 Å². The molecule has 0 aliphatic rings. The summed E-state index contributed by atoms with van der Waals surface area (Å²) in [7, 11) is -9.16. The smallest absolute Gasteiger partial charge is 0.207 e. The van der Waals surface area contributed by atoms with Gasteiger partial charge in [0.2, 0.25) is 0 Å². The largest absolute Gasteiger partial charge is 0.288 e. The lowest BCUT2D eigenvalue weighted by molar-refractivity contribution is 0.583. The predicted molar refractivity (Wildman–Crippen MR) is 78.2 cm³/mol. The molecule has 21 heavy (non-hydrogen) atoms. The summed E-state index contributed by atoms with van der Waals surface area (Å²) in [6.07, 6.45) is 0. The third kappa shape index (κ3) is 2.13. The fourth-order valence-electron chi connectivity index (χ4n) is 1.82. The molecule has 0 aliphatic heterocycles. The molecule has 0 fully saturated rings. The molecule has 0 saturated carbocycles. The summed E-state index contributed by atoms with van der Waals surface area (Å²) in [6, 6.07) is 11.3. The van der Waals surface area contributed by atoms with E-state index in [4.69, 9.17) is 0 Å². The number of fused-ring (bicyclic) bond motifs is 1. The highest BCUT2D eigenvalue weighted by Gasteiger charge is 2.35. The molecule has 9 heteroatoms. The maximum absolute atomic E-state index is 12.5. The van der Waals surface area contributed by atoms with E-state index in [2.05, 4.69) is 8.75 Å². The fraction of sp³-hybridized carbons (Fsp3) is 0. The molecular formula is C12H8N2O4S3. The molecule has 1 heterocycles. The first-order valence-corrected chi connectivity index (χ1v) is 9.92. The van der Waals surface area contributed by atoms with E-state index in [1.807, 2.05) is 0 Å². The molecule has 0 bridgehead atoms. The van der Waals surface area contributed by atoms with Gasteiger partial charge in [-0.05, 0) is 24.3 Å². The fourth-order valence-corrected chi connectivity index (χ4v) is 6.24. The topological polar surface area (TPSA) is 94.1 Å². The predicted octanol–water partition coefficient (Wildman–Crippen LogP) is 1.85. The van der Waals surface area contributed by atoms with Gasteiger partial charge in [-0.25, -0.2) is 16.8 Å².